The fourth-order valence-corrected chi connectivity index (χ4v) is 2.17. The molecule has 2 aromatic carbocycles. The van der Waals surface area contributed by atoms with Gasteiger partial charge in [-0.05, 0) is 37.3 Å². The van der Waals surface area contributed by atoms with Gasteiger partial charge in [0, 0.05) is 23.0 Å². The lowest BCUT2D eigenvalue weighted by atomic mass is 10.2. The quantitative estimate of drug-likeness (QED) is 0.673. The number of urea groups is 1. The second-order valence-electron chi connectivity index (χ2n) is 5.30. The van der Waals surface area contributed by atoms with Crippen LogP contribution < -0.4 is 16.0 Å². The van der Waals surface area contributed by atoms with Crippen molar-refractivity contribution in [1.29, 1.82) is 0 Å². The molecular weight excluding hydrogens is 320 g/mol. The molecule has 0 saturated carbocycles. The topological polar surface area (TPSA) is 96.3 Å². The van der Waals surface area contributed by atoms with E-state index in [1.165, 1.54) is 0 Å². The first-order chi connectivity index (χ1) is 12.1. The molecule has 0 atom stereocenters. The molecule has 0 spiro atoms. The van der Waals surface area contributed by atoms with Gasteiger partial charge in [-0.15, -0.1) is 0 Å². The molecule has 126 valence electrons. The lowest BCUT2D eigenvalue weighted by Gasteiger charge is -2.09. The third kappa shape index (κ3) is 4.44. The molecule has 0 fully saturated rings. The van der Waals surface area contributed by atoms with Crippen LogP contribution >= 0.6 is 0 Å². The van der Waals surface area contributed by atoms with Gasteiger partial charge in [0.05, 0.1) is 0 Å². The van der Waals surface area contributed by atoms with E-state index in [2.05, 4.69) is 21.1 Å². The molecule has 0 radical (unpaired) electrons. The first-order valence-corrected chi connectivity index (χ1v) is 7.58. The Bertz CT molecular complexity index is 890. The van der Waals surface area contributed by atoms with Gasteiger partial charge in [-0.25, -0.2) is 4.79 Å². The van der Waals surface area contributed by atoms with Crippen molar-refractivity contribution in [2.45, 2.75) is 6.92 Å². The van der Waals surface area contributed by atoms with E-state index in [0.717, 1.165) is 0 Å². The molecule has 3 aromatic rings. The number of anilines is 3. The van der Waals surface area contributed by atoms with E-state index >= 15 is 0 Å². The summed E-state index contributed by atoms with van der Waals surface area (Å²) in [6.07, 6.45) is 0. The van der Waals surface area contributed by atoms with Crippen molar-refractivity contribution in [3.8, 4) is 0 Å². The molecule has 1 aromatic heterocycles. The third-order valence-electron chi connectivity index (χ3n) is 3.28. The van der Waals surface area contributed by atoms with E-state index in [9.17, 15) is 9.59 Å². The molecule has 7 nitrogen and oxygen atoms in total. The van der Waals surface area contributed by atoms with E-state index in [1.54, 1.807) is 61.5 Å². The van der Waals surface area contributed by atoms with Gasteiger partial charge in [0.2, 0.25) is 0 Å². The van der Waals surface area contributed by atoms with Gasteiger partial charge in [0.1, 0.15) is 5.76 Å². The number of hydrogen-bond acceptors (Lipinski definition) is 4. The molecule has 1 heterocycles. The number of aromatic nitrogens is 1. The minimum Gasteiger partial charge on any atom is -0.360 e. The van der Waals surface area contributed by atoms with Crippen LogP contribution in [0.15, 0.2) is 65.2 Å². The molecule has 3 amide bonds. The Morgan fingerprint density at radius 2 is 1.60 bits per heavy atom. The minimum absolute atomic E-state index is 0.222. The molecular formula is C18H16N4O3. The second-order valence-corrected chi connectivity index (χ2v) is 5.30. The van der Waals surface area contributed by atoms with Crippen molar-refractivity contribution in [2.24, 2.45) is 0 Å². The van der Waals surface area contributed by atoms with Gasteiger partial charge in [0.15, 0.2) is 5.82 Å². The summed E-state index contributed by atoms with van der Waals surface area (Å²) < 4.78 is 4.88. The number of amides is 3. The predicted octanol–water partition coefficient (Wildman–Crippen LogP) is 3.88. The molecule has 25 heavy (non-hydrogen) atoms. The summed E-state index contributed by atoms with van der Waals surface area (Å²) in [5, 5.41) is 11.7. The van der Waals surface area contributed by atoms with Crippen molar-refractivity contribution in [1.82, 2.24) is 5.16 Å². The zero-order valence-corrected chi connectivity index (χ0v) is 13.4. The van der Waals surface area contributed by atoms with Crippen LogP contribution in [0.25, 0.3) is 0 Å². The number of aryl methyl sites for hydroxylation is 1. The molecule has 0 aliphatic heterocycles. The van der Waals surface area contributed by atoms with Crippen LogP contribution in [-0.2, 0) is 0 Å². The van der Waals surface area contributed by atoms with Gasteiger partial charge in [-0.2, -0.15) is 0 Å². The van der Waals surface area contributed by atoms with E-state index in [0.29, 0.717) is 28.5 Å². The van der Waals surface area contributed by atoms with Crippen LogP contribution in [0.5, 0.6) is 0 Å². The molecule has 7 heteroatoms. The van der Waals surface area contributed by atoms with Gasteiger partial charge in [0.25, 0.3) is 5.91 Å². The molecule has 0 aliphatic rings. The molecule has 3 N–H and O–H groups in total. The summed E-state index contributed by atoms with van der Waals surface area (Å²) in [5.74, 6) is 0.699. The van der Waals surface area contributed by atoms with Crippen LogP contribution in [-0.4, -0.2) is 17.1 Å². The van der Waals surface area contributed by atoms with Gasteiger partial charge in [-0.3, -0.25) is 10.1 Å². The normalized spacial score (nSPS) is 10.1. The maximum atomic E-state index is 12.2. The Morgan fingerprint density at radius 3 is 2.28 bits per heavy atom. The lowest BCUT2D eigenvalue weighted by molar-refractivity contribution is 0.102. The number of benzene rings is 2. The highest BCUT2D eigenvalue weighted by molar-refractivity contribution is 6.05. The fourth-order valence-electron chi connectivity index (χ4n) is 2.17. The molecule has 3 rings (SSSR count). The highest BCUT2D eigenvalue weighted by Gasteiger charge is 2.08. The number of carbonyl (C=O) groups is 2. The van der Waals surface area contributed by atoms with Gasteiger partial charge in [-0.1, -0.05) is 29.4 Å². The number of rotatable bonds is 4. The van der Waals surface area contributed by atoms with Crippen LogP contribution in [0.3, 0.4) is 0 Å². The molecule has 0 bridgehead atoms. The third-order valence-corrected chi connectivity index (χ3v) is 3.28. The summed E-state index contributed by atoms with van der Waals surface area (Å²) in [6.45, 7) is 1.73. The first kappa shape index (κ1) is 16.3. The van der Waals surface area contributed by atoms with Crippen LogP contribution in [0.1, 0.15) is 16.1 Å². The highest BCUT2D eigenvalue weighted by atomic mass is 16.5. The van der Waals surface area contributed by atoms with E-state index in [-0.39, 0.29) is 5.91 Å². The summed E-state index contributed by atoms with van der Waals surface area (Å²) in [4.78, 5) is 24.1. The predicted molar refractivity (Wildman–Crippen MR) is 94.7 cm³/mol. The van der Waals surface area contributed by atoms with Gasteiger partial charge < -0.3 is 15.2 Å². The van der Waals surface area contributed by atoms with E-state index < -0.39 is 6.03 Å². The molecule has 0 unspecified atom stereocenters. The van der Waals surface area contributed by atoms with Crippen LogP contribution in [0, 0.1) is 6.92 Å². The second kappa shape index (κ2) is 7.31. The first-order valence-electron chi connectivity index (χ1n) is 7.58. The maximum Gasteiger partial charge on any atom is 0.324 e. The Morgan fingerprint density at radius 1 is 0.880 bits per heavy atom. The Kier molecular flexibility index (Phi) is 4.75. The maximum absolute atomic E-state index is 12.2. The minimum atomic E-state index is -0.458. The number of nitrogens with zero attached hydrogens (tertiary/aromatic N) is 1. The largest absolute Gasteiger partial charge is 0.360 e. The Labute approximate surface area is 144 Å². The van der Waals surface area contributed by atoms with Crippen molar-refractivity contribution >= 4 is 29.1 Å². The number of nitrogens with one attached hydrogen (secondary N) is 3. The lowest BCUT2D eigenvalue weighted by Crippen LogP contribution is -2.19. The number of carbonyl (C=O) groups excluding carboxylic acids is 2. The SMILES string of the molecule is Cc1cc(NC(=O)Nc2cccc(NC(=O)c3ccccc3)c2)no1. The monoisotopic (exact) mass is 336 g/mol. The fraction of sp³-hybridized carbons (Fsp3) is 0.0556. The summed E-state index contributed by atoms with van der Waals surface area (Å²) in [6, 6.07) is 16.9. The van der Waals surface area contributed by atoms with Crippen LogP contribution in [0.4, 0.5) is 22.0 Å². The highest BCUT2D eigenvalue weighted by Crippen LogP contribution is 2.17. The summed E-state index contributed by atoms with van der Waals surface area (Å²) in [7, 11) is 0. The van der Waals surface area contributed by atoms with Crippen molar-refractivity contribution in [2.75, 3.05) is 16.0 Å². The van der Waals surface area contributed by atoms with Gasteiger partial charge >= 0.3 is 6.03 Å². The van der Waals surface area contributed by atoms with E-state index in [4.69, 9.17) is 4.52 Å². The molecule has 0 saturated heterocycles. The van der Waals surface area contributed by atoms with Crippen molar-refractivity contribution < 1.29 is 14.1 Å². The standard InChI is InChI=1S/C18H16N4O3/c1-12-10-16(22-25-12)21-18(24)20-15-9-5-8-14(11-15)19-17(23)13-6-3-2-4-7-13/h2-11H,1H3,(H,19,23)(H2,20,21,22,24). The van der Waals surface area contributed by atoms with Crippen molar-refractivity contribution in [3.05, 3.63) is 72.0 Å². The average molecular weight is 336 g/mol. The summed E-state index contributed by atoms with van der Waals surface area (Å²) in [5.41, 5.74) is 1.66. The number of hydrogen-bond donors (Lipinski definition) is 3. The average Bonchev–Trinajstić information content (AvgIpc) is 3.00. The smallest absolute Gasteiger partial charge is 0.324 e. The zero-order valence-electron chi connectivity index (χ0n) is 13.4. The molecule has 0 aliphatic carbocycles. The van der Waals surface area contributed by atoms with Crippen molar-refractivity contribution in [3.63, 3.8) is 0 Å². The van der Waals surface area contributed by atoms with Crippen LogP contribution in [0.2, 0.25) is 0 Å². The zero-order chi connectivity index (χ0) is 17.6. The Balaban J connectivity index is 1.63. The Hall–Kier alpha value is -3.61. The summed E-state index contributed by atoms with van der Waals surface area (Å²) >= 11 is 0. The van der Waals surface area contributed by atoms with E-state index in [1.807, 2.05) is 6.07 Å².